The zero-order valence-corrected chi connectivity index (χ0v) is 16.8. The lowest BCUT2D eigenvalue weighted by molar-refractivity contribution is 0.0524. The Kier molecular flexibility index (Phi) is 5.20. The molecular formula is C21H29N5O. The number of benzene rings is 1. The van der Waals surface area contributed by atoms with Gasteiger partial charge in [-0.1, -0.05) is 6.07 Å². The molecule has 0 bridgehead atoms. The van der Waals surface area contributed by atoms with Crippen LogP contribution in [0.3, 0.4) is 0 Å². The molecule has 2 aromatic rings. The summed E-state index contributed by atoms with van der Waals surface area (Å²) in [5.41, 5.74) is 9.31. The minimum atomic E-state index is 0.0288. The van der Waals surface area contributed by atoms with Crippen LogP contribution < -0.4 is 15.8 Å². The van der Waals surface area contributed by atoms with E-state index in [-0.39, 0.29) is 17.2 Å². The molecule has 1 saturated heterocycles. The molecule has 3 rings (SSSR count). The van der Waals surface area contributed by atoms with Gasteiger partial charge in [0.2, 0.25) is 5.88 Å². The van der Waals surface area contributed by atoms with Crippen molar-refractivity contribution < 1.29 is 4.74 Å². The fourth-order valence-corrected chi connectivity index (χ4v) is 4.00. The second-order valence-corrected chi connectivity index (χ2v) is 8.53. The Morgan fingerprint density at radius 2 is 1.81 bits per heavy atom. The van der Waals surface area contributed by atoms with E-state index < -0.39 is 0 Å². The van der Waals surface area contributed by atoms with Crippen LogP contribution >= 0.6 is 0 Å². The normalized spacial score (nSPS) is 19.3. The molecule has 1 aromatic heterocycles. The molecule has 6 heteroatoms. The highest BCUT2D eigenvalue weighted by molar-refractivity contribution is 5.89. The minimum absolute atomic E-state index is 0.0288. The monoisotopic (exact) mass is 367 g/mol. The summed E-state index contributed by atoms with van der Waals surface area (Å²) in [7, 11) is 1.72. The highest BCUT2D eigenvalue weighted by atomic mass is 16.5. The molecule has 6 nitrogen and oxygen atoms in total. The van der Waals surface area contributed by atoms with E-state index in [0.717, 1.165) is 29.7 Å². The Labute approximate surface area is 161 Å². The number of hydrogen-bond donors (Lipinski definition) is 2. The van der Waals surface area contributed by atoms with Crippen molar-refractivity contribution in [1.29, 1.82) is 0 Å². The van der Waals surface area contributed by atoms with E-state index >= 15 is 0 Å². The Morgan fingerprint density at radius 3 is 2.41 bits per heavy atom. The zero-order valence-electron chi connectivity index (χ0n) is 16.8. The molecule has 0 radical (unpaired) electrons. The number of rotatable bonds is 4. The molecule has 0 spiro atoms. The van der Waals surface area contributed by atoms with Gasteiger partial charge in [0.1, 0.15) is 6.10 Å². The second-order valence-electron chi connectivity index (χ2n) is 8.53. The van der Waals surface area contributed by atoms with Gasteiger partial charge in [0.15, 0.2) is 0 Å². The number of nitrogens with one attached hydrogen (secondary N) is 1. The number of nitrogens with two attached hydrogens (primary N) is 1. The molecule has 1 aliphatic heterocycles. The third-order valence-corrected chi connectivity index (χ3v) is 4.73. The highest BCUT2D eigenvalue weighted by Crippen LogP contribution is 2.31. The molecule has 3 N–H and O–H groups in total. The van der Waals surface area contributed by atoms with Gasteiger partial charge in [-0.15, -0.1) is 10.2 Å². The van der Waals surface area contributed by atoms with Crippen LogP contribution in [0.15, 0.2) is 35.3 Å². The molecule has 0 aliphatic carbocycles. The van der Waals surface area contributed by atoms with E-state index in [4.69, 9.17) is 10.5 Å². The van der Waals surface area contributed by atoms with Crippen LogP contribution in [0.1, 0.15) is 46.1 Å². The van der Waals surface area contributed by atoms with Gasteiger partial charge < -0.3 is 15.8 Å². The zero-order chi connectivity index (χ0) is 19.7. The maximum Gasteiger partial charge on any atom is 0.233 e. The third kappa shape index (κ3) is 4.83. The van der Waals surface area contributed by atoms with Gasteiger partial charge >= 0.3 is 0 Å². The molecular weight excluding hydrogens is 338 g/mol. The van der Waals surface area contributed by atoms with Crippen molar-refractivity contribution in [2.24, 2.45) is 4.99 Å². The van der Waals surface area contributed by atoms with Crippen LogP contribution in [-0.4, -0.2) is 40.6 Å². The average Bonchev–Trinajstić information content (AvgIpc) is 2.55. The van der Waals surface area contributed by atoms with E-state index in [1.165, 1.54) is 0 Å². The summed E-state index contributed by atoms with van der Waals surface area (Å²) in [6.45, 7) is 8.82. The molecule has 0 atom stereocenters. The van der Waals surface area contributed by atoms with E-state index in [1.807, 2.05) is 30.3 Å². The van der Waals surface area contributed by atoms with E-state index in [1.54, 1.807) is 13.3 Å². The van der Waals surface area contributed by atoms with Gasteiger partial charge in [0, 0.05) is 60.1 Å². The van der Waals surface area contributed by atoms with E-state index in [9.17, 15) is 0 Å². The molecule has 1 fully saturated rings. The van der Waals surface area contributed by atoms with Crippen LogP contribution in [0.2, 0.25) is 0 Å². The van der Waals surface area contributed by atoms with Crippen LogP contribution in [0.4, 0.5) is 5.69 Å². The first-order valence-corrected chi connectivity index (χ1v) is 9.29. The van der Waals surface area contributed by atoms with Crippen LogP contribution in [-0.2, 0) is 0 Å². The number of anilines is 1. The maximum absolute atomic E-state index is 6.14. The summed E-state index contributed by atoms with van der Waals surface area (Å²) < 4.78 is 6.14. The van der Waals surface area contributed by atoms with Crippen molar-refractivity contribution in [3.8, 4) is 17.1 Å². The quantitative estimate of drug-likeness (QED) is 0.638. The molecule has 0 amide bonds. The molecule has 0 unspecified atom stereocenters. The predicted octanol–water partition coefficient (Wildman–Crippen LogP) is 3.46. The molecule has 0 saturated carbocycles. The number of piperidine rings is 1. The van der Waals surface area contributed by atoms with Gasteiger partial charge in [-0.3, -0.25) is 4.99 Å². The van der Waals surface area contributed by atoms with Gasteiger partial charge in [-0.2, -0.15) is 0 Å². The first kappa shape index (κ1) is 19.3. The number of aromatic nitrogens is 2. The standard InChI is InChI=1S/C21H29N5O/c1-20(2)11-16(12-21(3,4)26-20)27-19-9-8-18(24-25-19)14-6-7-17(22)15(10-14)13-23-5/h6-10,13,16,26H,11-12,22H2,1-5H3. The Balaban J connectivity index is 1.75. The summed E-state index contributed by atoms with van der Waals surface area (Å²) in [4.78, 5) is 4.04. The molecule has 144 valence electrons. The number of ether oxygens (including phenoxy) is 1. The van der Waals surface area contributed by atoms with Crippen molar-refractivity contribution in [3.63, 3.8) is 0 Å². The molecule has 1 aromatic carbocycles. The number of hydrogen-bond acceptors (Lipinski definition) is 6. The van der Waals surface area contributed by atoms with E-state index in [0.29, 0.717) is 11.6 Å². The summed E-state index contributed by atoms with van der Waals surface area (Å²) in [5.74, 6) is 0.558. The van der Waals surface area contributed by atoms with Crippen LogP contribution in [0.25, 0.3) is 11.3 Å². The summed E-state index contributed by atoms with van der Waals surface area (Å²) in [6, 6.07) is 9.57. The minimum Gasteiger partial charge on any atom is -0.473 e. The van der Waals surface area contributed by atoms with Gasteiger partial charge in [-0.05, 0) is 45.9 Å². The summed E-state index contributed by atoms with van der Waals surface area (Å²) in [6.07, 6.45) is 3.71. The van der Waals surface area contributed by atoms with Crippen LogP contribution in [0, 0.1) is 0 Å². The topological polar surface area (TPSA) is 85.4 Å². The Bertz CT molecular complexity index is 811. The molecule has 27 heavy (non-hydrogen) atoms. The Hall–Kier alpha value is -2.47. The first-order chi connectivity index (χ1) is 12.7. The Morgan fingerprint density at radius 1 is 1.11 bits per heavy atom. The van der Waals surface area contributed by atoms with Crippen molar-refractivity contribution in [1.82, 2.24) is 15.5 Å². The lowest BCUT2D eigenvalue weighted by atomic mass is 9.81. The number of nitrogens with zero attached hydrogens (tertiary/aromatic N) is 3. The van der Waals surface area contributed by atoms with E-state index in [2.05, 4.69) is 48.2 Å². The number of aliphatic imine (C=N–C) groups is 1. The smallest absolute Gasteiger partial charge is 0.233 e. The second kappa shape index (κ2) is 7.27. The van der Waals surface area contributed by atoms with Gasteiger partial charge in [-0.25, -0.2) is 0 Å². The van der Waals surface area contributed by atoms with Crippen molar-refractivity contribution in [2.45, 2.75) is 57.7 Å². The fraction of sp³-hybridized carbons (Fsp3) is 0.476. The van der Waals surface area contributed by atoms with Gasteiger partial charge in [0.25, 0.3) is 0 Å². The van der Waals surface area contributed by atoms with Crippen LogP contribution in [0.5, 0.6) is 5.88 Å². The number of nitrogen functional groups attached to an aromatic ring is 1. The van der Waals surface area contributed by atoms with Crippen molar-refractivity contribution >= 4 is 11.9 Å². The largest absolute Gasteiger partial charge is 0.473 e. The van der Waals surface area contributed by atoms with Crippen molar-refractivity contribution in [3.05, 3.63) is 35.9 Å². The van der Waals surface area contributed by atoms with Gasteiger partial charge in [0.05, 0.1) is 5.69 Å². The lowest BCUT2D eigenvalue weighted by Gasteiger charge is -2.46. The first-order valence-electron chi connectivity index (χ1n) is 9.29. The highest BCUT2D eigenvalue weighted by Gasteiger charge is 2.38. The third-order valence-electron chi connectivity index (χ3n) is 4.73. The fourth-order valence-electron chi connectivity index (χ4n) is 4.00. The average molecular weight is 367 g/mol. The summed E-state index contributed by atoms with van der Waals surface area (Å²) >= 11 is 0. The van der Waals surface area contributed by atoms with Crippen molar-refractivity contribution in [2.75, 3.05) is 12.8 Å². The lowest BCUT2D eigenvalue weighted by Crippen LogP contribution is -2.60. The maximum atomic E-state index is 6.14. The molecule has 2 heterocycles. The SMILES string of the molecule is CN=Cc1cc(-c2ccc(OC3CC(C)(C)NC(C)(C)C3)nn2)ccc1N. The predicted molar refractivity (Wildman–Crippen MR) is 110 cm³/mol. The molecule has 1 aliphatic rings. The summed E-state index contributed by atoms with van der Waals surface area (Å²) in [5, 5.41) is 12.3.